The van der Waals surface area contributed by atoms with Gasteiger partial charge < -0.3 is 19.8 Å². The average Bonchev–Trinajstić information content (AvgIpc) is 3.27. The van der Waals surface area contributed by atoms with Crippen LogP contribution in [0.3, 0.4) is 0 Å². The Hall–Kier alpha value is -3.74. The number of hydrogen-bond acceptors (Lipinski definition) is 7. The van der Waals surface area contributed by atoms with Crippen molar-refractivity contribution in [3.05, 3.63) is 71.2 Å². The number of halogens is 1. The van der Waals surface area contributed by atoms with E-state index >= 15 is 0 Å². The van der Waals surface area contributed by atoms with Gasteiger partial charge in [-0.15, -0.1) is 0 Å². The molecule has 1 aromatic carbocycles. The lowest BCUT2D eigenvalue weighted by Crippen LogP contribution is -2.50. The Balaban J connectivity index is 1.29. The minimum Gasteiger partial charge on any atom is -0.619 e. The van der Waals surface area contributed by atoms with E-state index < -0.39 is 10.0 Å². The molecule has 0 aliphatic carbocycles. The fourth-order valence-electron chi connectivity index (χ4n) is 4.09. The van der Waals surface area contributed by atoms with E-state index in [1.165, 1.54) is 41.1 Å². The molecule has 11 nitrogen and oxygen atoms in total. The monoisotopic (exact) mass is 528 g/mol. The van der Waals surface area contributed by atoms with E-state index in [0.717, 1.165) is 5.56 Å². The van der Waals surface area contributed by atoms with Crippen molar-refractivity contribution >= 4 is 38.4 Å². The van der Waals surface area contributed by atoms with E-state index in [2.05, 4.69) is 15.0 Å². The Morgan fingerprint density at radius 1 is 1.08 bits per heavy atom. The van der Waals surface area contributed by atoms with Crippen LogP contribution >= 0.6 is 11.6 Å². The number of carbonyl (C=O) groups excluding carboxylic acids is 1. The van der Waals surface area contributed by atoms with Crippen LogP contribution in [0.2, 0.25) is 5.02 Å². The molecule has 5 rings (SSSR count). The van der Waals surface area contributed by atoms with E-state index in [1.807, 2.05) is 0 Å². The topological polar surface area (TPSA) is 135 Å². The van der Waals surface area contributed by atoms with Crippen LogP contribution in [0.25, 0.3) is 22.0 Å². The van der Waals surface area contributed by atoms with Gasteiger partial charge in [0.1, 0.15) is 0 Å². The molecule has 0 saturated carbocycles. The Morgan fingerprint density at radius 3 is 2.39 bits per heavy atom. The number of nitrogens with one attached hydrogen (secondary N) is 1. The smallest absolute Gasteiger partial charge is 0.291 e. The Bertz CT molecular complexity index is 1530. The van der Waals surface area contributed by atoms with Crippen LogP contribution in [0.1, 0.15) is 10.6 Å². The van der Waals surface area contributed by atoms with Gasteiger partial charge in [0.2, 0.25) is 5.82 Å². The number of carbonyl (C=O) groups is 1. The van der Waals surface area contributed by atoms with Crippen molar-refractivity contribution in [3.8, 4) is 16.9 Å². The highest BCUT2D eigenvalue weighted by Crippen LogP contribution is 2.36. The van der Waals surface area contributed by atoms with Crippen LogP contribution in [0.15, 0.2) is 60.1 Å². The van der Waals surface area contributed by atoms with Crippen LogP contribution in [0, 0.1) is 5.21 Å². The standard InChI is InChI=1S/C23H21ClN6O5S/c1-35-20-18-12-17(24)2-3-19(18)27-22(20)36(33,34)30-10-8-28(9-11-30)23(31)21-25-13-16(14-26-21)15-4-6-29(32)7-5-15/h2-7,12-14,27H,8-11H2,1H3. The maximum absolute atomic E-state index is 13.4. The van der Waals surface area contributed by atoms with E-state index in [1.54, 1.807) is 30.3 Å². The first-order valence-corrected chi connectivity index (χ1v) is 12.8. The molecule has 1 N–H and O–H groups in total. The molecule has 4 aromatic rings. The molecule has 0 bridgehead atoms. The second-order valence-electron chi connectivity index (χ2n) is 8.12. The number of nitrogens with zero attached hydrogens (tertiary/aromatic N) is 5. The molecule has 0 atom stereocenters. The summed E-state index contributed by atoms with van der Waals surface area (Å²) in [7, 11) is -2.51. The Labute approximate surface area is 211 Å². The van der Waals surface area contributed by atoms with Crippen LogP contribution in [0.5, 0.6) is 5.75 Å². The molecule has 1 saturated heterocycles. The third-order valence-electron chi connectivity index (χ3n) is 5.99. The van der Waals surface area contributed by atoms with E-state index in [-0.39, 0.29) is 48.7 Å². The number of H-pyrrole nitrogens is 1. The lowest BCUT2D eigenvalue weighted by molar-refractivity contribution is -0.605. The van der Waals surface area contributed by atoms with Gasteiger partial charge in [-0.3, -0.25) is 4.79 Å². The van der Waals surface area contributed by atoms with E-state index in [4.69, 9.17) is 16.3 Å². The van der Waals surface area contributed by atoms with Gasteiger partial charge in [-0.1, -0.05) is 11.6 Å². The van der Waals surface area contributed by atoms with Crippen molar-refractivity contribution in [2.75, 3.05) is 33.3 Å². The van der Waals surface area contributed by atoms with Gasteiger partial charge in [-0.25, -0.2) is 18.4 Å². The number of fused-ring (bicyclic) bond motifs is 1. The third-order valence-corrected chi connectivity index (χ3v) is 8.07. The van der Waals surface area contributed by atoms with Crippen molar-refractivity contribution in [1.82, 2.24) is 24.2 Å². The highest BCUT2D eigenvalue weighted by molar-refractivity contribution is 7.89. The summed E-state index contributed by atoms with van der Waals surface area (Å²) >= 11 is 6.07. The summed E-state index contributed by atoms with van der Waals surface area (Å²) in [5, 5.41) is 12.2. The molecule has 1 aliphatic rings. The largest absolute Gasteiger partial charge is 0.619 e. The van der Waals surface area contributed by atoms with Gasteiger partial charge in [0.15, 0.2) is 23.2 Å². The van der Waals surface area contributed by atoms with Gasteiger partial charge >= 0.3 is 0 Å². The zero-order chi connectivity index (χ0) is 25.4. The molecule has 1 aliphatic heterocycles. The van der Waals surface area contributed by atoms with Gasteiger partial charge in [-0.05, 0) is 23.8 Å². The lowest BCUT2D eigenvalue weighted by atomic mass is 10.1. The first kappa shape index (κ1) is 24.0. The quantitative estimate of drug-likeness (QED) is 0.309. The predicted molar refractivity (Wildman–Crippen MR) is 131 cm³/mol. The van der Waals surface area contributed by atoms with Crippen LogP contribution < -0.4 is 9.47 Å². The predicted octanol–water partition coefficient (Wildman–Crippen LogP) is 2.07. The summed E-state index contributed by atoms with van der Waals surface area (Å²) in [6.45, 7) is 0.564. The average molecular weight is 529 g/mol. The van der Waals surface area contributed by atoms with Crippen LogP contribution in [0.4, 0.5) is 0 Å². The van der Waals surface area contributed by atoms with Crippen molar-refractivity contribution in [1.29, 1.82) is 0 Å². The highest BCUT2D eigenvalue weighted by atomic mass is 35.5. The first-order valence-electron chi connectivity index (χ1n) is 10.9. The third kappa shape index (κ3) is 4.34. The fourth-order valence-corrected chi connectivity index (χ4v) is 5.83. The van der Waals surface area contributed by atoms with Crippen molar-refractivity contribution in [3.63, 3.8) is 0 Å². The number of methoxy groups -OCH3 is 1. The fraction of sp³-hybridized carbons (Fsp3) is 0.217. The van der Waals surface area contributed by atoms with Gasteiger partial charge in [0.25, 0.3) is 15.9 Å². The highest BCUT2D eigenvalue weighted by Gasteiger charge is 2.35. The number of hydrogen-bond donors (Lipinski definition) is 1. The molecule has 4 heterocycles. The molecular formula is C23H21ClN6O5S. The summed E-state index contributed by atoms with van der Waals surface area (Å²) < 4.78 is 34.2. The second kappa shape index (κ2) is 9.37. The first-order chi connectivity index (χ1) is 17.3. The molecular weight excluding hydrogens is 508 g/mol. The summed E-state index contributed by atoms with van der Waals surface area (Å²) in [6.07, 6.45) is 5.75. The summed E-state index contributed by atoms with van der Waals surface area (Å²) in [5.74, 6) is -0.177. The summed E-state index contributed by atoms with van der Waals surface area (Å²) in [6, 6.07) is 8.26. The number of benzene rings is 1. The second-order valence-corrected chi connectivity index (χ2v) is 10.4. The molecule has 36 heavy (non-hydrogen) atoms. The zero-order valence-electron chi connectivity index (χ0n) is 19.1. The molecule has 1 amide bonds. The SMILES string of the molecule is COc1c(S(=O)(=O)N2CCN(C(=O)c3ncc(-c4cc[n+]([O-])cc4)cn3)CC2)[nH]c2ccc(Cl)cc12. The lowest BCUT2D eigenvalue weighted by Gasteiger charge is -2.33. The van der Waals surface area contributed by atoms with Gasteiger partial charge in [0.05, 0.1) is 12.6 Å². The number of ether oxygens (including phenoxy) is 1. The number of aromatic nitrogens is 4. The maximum Gasteiger partial charge on any atom is 0.291 e. The van der Waals surface area contributed by atoms with Gasteiger partial charge in [0, 0.05) is 66.7 Å². The Kier molecular flexibility index (Phi) is 6.24. The number of pyridine rings is 1. The minimum atomic E-state index is -3.92. The number of amides is 1. The minimum absolute atomic E-state index is 0.0130. The van der Waals surface area contributed by atoms with E-state index in [9.17, 15) is 18.4 Å². The van der Waals surface area contributed by atoms with Crippen molar-refractivity contribution < 1.29 is 22.7 Å². The number of rotatable bonds is 5. The van der Waals surface area contributed by atoms with Crippen LogP contribution in [-0.4, -0.2) is 71.8 Å². The van der Waals surface area contributed by atoms with Crippen molar-refractivity contribution in [2.45, 2.75) is 5.03 Å². The van der Waals surface area contributed by atoms with Gasteiger partial charge in [-0.2, -0.15) is 9.04 Å². The maximum atomic E-state index is 13.4. The molecule has 186 valence electrons. The normalized spacial score (nSPS) is 14.8. The molecule has 0 spiro atoms. The Morgan fingerprint density at radius 2 is 1.75 bits per heavy atom. The molecule has 13 heteroatoms. The van der Waals surface area contributed by atoms with Crippen molar-refractivity contribution in [2.24, 2.45) is 0 Å². The van der Waals surface area contributed by atoms with Crippen LogP contribution in [-0.2, 0) is 10.0 Å². The number of sulfonamides is 1. The summed E-state index contributed by atoms with van der Waals surface area (Å²) in [5.41, 5.74) is 2.00. The summed E-state index contributed by atoms with van der Waals surface area (Å²) in [4.78, 5) is 25.7. The zero-order valence-corrected chi connectivity index (χ0v) is 20.7. The van der Waals surface area contributed by atoms with E-state index in [0.29, 0.717) is 26.2 Å². The number of piperazine rings is 1. The number of aromatic amines is 1. The molecule has 1 fully saturated rings. The molecule has 0 radical (unpaired) electrons. The molecule has 3 aromatic heterocycles. The molecule has 0 unspecified atom stereocenters.